The lowest BCUT2D eigenvalue weighted by Crippen LogP contribution is -2.23. The van der Waals surface area contributed by atoms with Crippen LogP contribution in [0.2, 0.25) is 0 Å². The van der Waals surface area contributed by atoms with Gasteiger partial charge in [-0.2, -0.15) is 0 Å². The molecule has 3 aromatic heterocycles. The summed E-state index contributed by atoms with van der Waals surface area (Å²) in [5, 5.41) is 0.434. The van der Waals surface area contributed by atoms with Gasteiger partial charge >= 0.3 is 0 Å². The van der Waals surface area contributed by atoms with Gasteiger partial charge in [0.15, 0.2) is 10.4 Å². The Morgan fingerprint density at radius 3 is 2.89 bits per heavy atom. The monoisotopic (exact) mass is 376 g/mol. The van der Waals surface area contributed by atoms with Crippen LogP contribution in [0.5, 0.6) is 5.75 Å². The van der Waals surface area contributed by atoms with E-state index in [-0.39, 0.29) is 11.0 Å². The number of aromatic nitrogens is 2. The molecule has 0 amide bonds. The molecule has 0 unspecified atom stereocenters. The van der Waals surface area contributed by atoms with Crippen molar-refractivity contribution < 1.29 is 9.15 Å². The van der Waals surface area contributed by atoms with Crippen molar-refractivity contribution in [2.45, 2.75) is 0 Å². The van der Waals surface area contributed by atoms with Crippen LogP contribution in [0, 0.1) is 0 Å². The molecule has 0 spiro atoms. The molecule has 0 saturated carbocycles. The van der Waals surface area contributed by atoms with Gasteiger partial charge in [-0.3, -0.25) is 9.59 Å². The molecule has 5 rings (SSSR count). The zero-order chi connectivity index (χ0) is 18.5. The highest BCUT2D eigenvalue weighted by atomic mass is 32.1. The van der Waals surface area contributed by atoms with E-state index in [1.807, 2.05) is 24.3 Å². The second-order valence-corrected chi connectivity index (χ2v) is 7.03. The summed E-state index contributed by atoms with van der Waals surface area (Å²) in [6.07, 6.45) is 2.93. The Bertz CT molecular complexity index is 1510. The number of ether oxygens (including phenoxy) is 1. The Hall–Kier alpha value is -3.45. The maximum atomic E-state index is 12.8. The Kier molecular flexibility index (Phi) is 3.38. The molecule has 0 saturated heterocycles. The van der Waals surface area contributed by atoms with E-state index in [1.54, 1.807) is 35.8 Å². The van der Waals surface area contributed by atoms with Crippen molar-refractivity contribution in [1.29, 1.82) is 0 Å². The molecule has 0 aliphatic heterocycles. The fraction of sp³-hybridized carbons (Fsp3) is 0.0500. The van der Waals surface area contributed by atoms with E-state index in [9.17, 15) is 9.59 Å². The number of para-hydroxylation sites is 2. The van der Waals surface area contributed by atoms with E-state index in [4.69, 9.17) is 9.15 Å². The van der Waals surface area contributed by atoms with Crippen molar-refractivity contribution in [3.8, 4) is 5.75 Å². The topological polar surface area (TPSA) is 73.8 Å². The maximum absolute atomic E-state index is 12.8. The predicted octanol–water partition coefficient (Wildman–Crippen LogP) is 2.57. The molecule has 3 heterocycles. The van der Waals surface area contributed by atoms with E-state index in [0.717, 1.165) is 11.0 Å². The molecule has 0 atom stereocenters. The summed E-state index contributed by atoms with van der Waals surface area (Å²) in [7, 11) is 1.55. The standard InChI is InChI=1S/C20H12N2O4S/c1-25-12-6-7-13-16(9-12)26-10-11(18(13)23)8-17-19(24)22-15-5-3-2-4-14(15)21-20(22)27-17/h2-10H,1H3. The SMILES string of the molecule is COc1ccc2c(=O)c(C=c3sc4nc5ccccc5n4c3=O)coc2c1. The number of imidazole rings is 1. The van der Waals surface area contributed by atoms with Crippen LogP contribution in [-0.4, -0.2) is 16.5 Å². The van der Waals surface area contributed by atoms with Gasteiger partial charge in [0.2, 0.25) is 0 Å². The van der Waals surface area contributed by atoms with Crippen LogP contribution in [0.25, 0.3) is 33.0 Å². The number of methoxy groups -OCH3 is 1. The summed E-state index contributed by atoms with van der Waals surface area (Å²) in [4.78, 5) is 30.7. The molecule has 0 bridgehead atoms. The lowest BCUT2D eigenvalue weighted by Gasteiger charge is -2.01. The number of benzene rings is 2. The molecule has 7 heteroatoms. The van der Waals surface area contributed by atoms with Gasteiger partial charge in [-0.15, -0.1) is 0 Å². The highest BCUT2D eigenvalue weighted by molar-refractivity contribution is 7.15. The van der Waals surface area contributed by atoms with Crippen molar-refractivity contribution in [2.75, 3.05) is 7.11 Å². The number of rotatable bonds is 2. The fourth-order valence-electron chi connectivity index (χ4n) is 3.10. The average Bonchev–Trinajstić information content (AvgIpc) is 3.20. The van der Waals surface area contributed by atoms with E-state index < -0.39 is 0 Å². The molecule has 0 N–H and O–H groups in total. The van der Waals surface area contributed by atoms with E-state index in [2.05, 4.69) is 4.98 Å². The van der Waals surface area contributed by atoms with Crippen LogP contribution in [0.1, 0.15) is 5.56 Å². The third-order valence-corrected chi connectivity index (χ3v) is 5.41. The van der Waals surface area contributed by atoms with Gasteiger partial charge in [0.25, 0.3) is 5.56 Å². The number of thiazole rings is 1. The van der Waals surface area contributed by atoms with Crippen LogP contribution < -0.4 is 20.3 Å². The second kappa shape index (κ2) is 5.78. The predicted molar refractivity (Wildman–Crippen MR) is 105 cm³/mol. The second-order valence-electron chi connectivity index (χ2n) is 6.02. The molecular weight excluding hydrogens is 364 g/mol. The normalized spacial score (nSPS) is 12.4. The van der Waals surface area contributed by atoms with Crippen molar-refractivity contribution in [3.63, 3.8) is 0 Å². The highest BCUT2D eigenvalue weighted by Gasteiger charge is 2.12. The Labute approximate surface area is 155 Å². The molecule has 0 fully saturated rings. The molecule has 0 aliphatic carbocycles. The van der Waals surface area contributed by atoms with E-state index in [1.165, 1.54) is 17.6 Å². The van der Waals surface area contributed by atoms with Gasteiger partial charge in [0, 0.05) is 6.07 Å². The van der Waals surface area contributed by atoms with Gasteiger partial charge in [0.1, 0.15) is 17.6 Å². The molecule has 5 aromatic rings. The Morgan fingerprint density at radius 2 is 2.04 bits per heavy atom. The third kappa shape index (κ3) is 2.36. The van der Waals surface area contributed by atoms with Crippen LogP contribution in [0.3, 0.4) is 0 Å². The van der Waals surface area contributed by atoms with Gasteiger partial charge in [-0.05, 0) is 30.3 Å². The van der Waals surface area contributed by atoms with Crippen molar-refractivity contribution in [2.24, 2.45) is 0 Å². The quantitative estimate of drug-likeness (QED) is 0.473. The van der Waals surface area contributed by atoms with E-state index in [0.29, 0.717) is 31.8 Å². The first-order valence-electron chi connectivity index (χ1n) is 8.17. The van der Waals surface area contributed by atoms with Crippen molar-refractivity contribution in [1.82, 2.24) is 9.38 Å². The zero-order valence-electron chi connectivity index (χ0n) is 14.1. The fourth-order valence-corrected chi connectivity index (χ4v) is 4.08. The molecule has 0 radical (unpaired) electrons. The van der Waals surface area contributed by atoms with Crippen LogP contribution in [0.4, 0.5) is 0 Å². The van der Waals surface area contributed by atoms with E-state index >= 15 is 0 Å². The molecule has 132 valence electrons. The first kappa shape index (κ1) is 15.8. The average molecular weight is 376 g/mol. The molecule has 27 heavy (non-hydrogen) atoms. The zero-order valence-corrected chi connectivity index (χ0v) is 14.9. The summed E-state index contributed by atoms with van der Waals surface area (Å²) in [5.41, 5.74) is 1.88. The number of nitrogens with zero attached hydrogens (tertiary/aromatic N) is 2. The largest absolute Gasteiger partial charge is 0.497 e. The maximum Gasteiger partial charge on any atom is 0.274 e. The minimum absolute atomic E-state index is 0.196. The van der Waals surface area contributed by atoms with Gasteiger partial charge in [-0.25, -0.2) is 9.38 Å². The third-order valence-electron chi connectivity index (χ3n) is 4.44. The van der Waals surface area contributed by atoms with Gasteiger partial charge in [0.05, 0.1) is 33.6 Å². The summed E-state index contributed by atoms with van der Waals surface area (Å²) >= 11 is 1.25. The minimum atomic E-state index is -0.200. The van der Waals surface area contributed by atoms with Crippen LogP contribution >= 0.6 is 11.3 Å². The highest BCUT2D eigenvalue weighted by Crippen LogP contribution is 2.19. The number of hydrogen-bond acceptors (Lipinski definition) is 6. The lowest BCUT2D eigenvalue weighted by atomic mass is 10.1. The molecule has 0 aliphatic rings. The summed E-state index contributed by atoms with van der Waals surface area (Å²) in [6.45, 7) is 0. The summed E-state index contributed by atoms with van der Waals surface area (Å²) in [5.74, 6) is 0.607. The number of fused-ring (bicyclic) bond motifs is 4. The summed E-state index contributed by atoms with van der Waals surface area (Å²) < 4.78 is 12.7. The van der Waals surface area contributed by atoms with Crippen LogP contribution in [0.15, 0.2) is 62.7 Å². The molecular formula is C20H12N2O4S. The first-order valence-corrected chi connectivity index (χ1v) is 8.98. The number of hydrogen-bond donors (Lipinski definition) is 0. The Morgan fingerprint density at radius 1 is 1.19 bits per heavy atom. The smallest absolute Gasteiger partial charge is 0.274 e. The minimum Gasteiger partial charge on any atom is -0.497 e. The van der Waals surface area contributed by atoms with Crippen molar-refractivity contribution >= 4 is 44.4 Å². The van der Waals surface area contributed by atoms with Gasteiger partial charge < -0.3 is 9.15 Å². The Balaban J connectivity index is 1.75. The first-order chi connectivity index (χ1) is 13.2. The van der Waals surface area contributed by atoms with Crippen LogP contribution in [-0.2, 0) is 0 Å². The molecule has 6 nitrogen and oxygen atoms in total. The molecule has 2 aromatic carbocycles. The van der Waals surface area contributed by atoms with Crippen molar-refractivity contribution in [3.05, 3.63) is 79.4 Å². The summed E-state index contributed by atoms with van der Waals surface area (Å²) in [6, 6.07) is 12.5. The lowest BCUT2D eigenvalue weighted by molar-refractivity contribution is 0.414. The van der Waals surface area contributed by atoms with Gasteiger partial charge in [-0.1, -0.05) is 23.5 Å².